The molecule has 1 aromatic heterocycles. The average Bonchev–Trinajstić information content (AvgIpc) is 3.42. The molecule has 2 aliphatic heterocycles. The molecule has 2 fully saturated rings. The van der Waals surface area contributed by atoms with Gasteiger partial charge in [-0.1, -0.05) is 18.2 Å². The minimum Gasteiger partial charge on any atom is -0.354 e. The molecule has 0 spiro atoms. The molecule has 2 aromatic carbocycles. The molecule has 0 aliphatic carbocycles. The van der Waals surface area contributed by atoms with Gasteiger partial charge in [0.25, 0.3) is 5.91 Å². The molecular formula is C27H27F2N5O2. The number of piperidine rings is 1. The number of amides is 2. The second kappa shape index (κ2) is 10.4. The molecule has 0 radical (unpaired) electrons. The van der Waals surface area contributed by atoms with E-state index in [0.717, 1.165) is 48.9 Å². The van der Waals surface area contributed by atoms with Gasteiger partial charge in [0.15, 0.2) is 17.5 Å². The largest absolute Gasteiger partial charge is 0.354 e. The van der Waals surface area contributed by atoms with Crippen molar-refractivity contribution in [3.63, 3.8) is 0 Å². The molecule has 9 heteroatoms. The summed E-state index contributed by atoms with van der Waals surface area (Å²) in [5.41, 5.74) is 1.65. The number of carbonyl (C=O) groups is 2. The fourth-order valence-electron chi connectivity index (χ4n) is 4.98. The SMILES string of the molecule is O=C(Nc1ccc(C2CCN(C(=O)c3cccc(F)c3F)CC2)cc1)[C@H]1CCN(c2cccnn2)C1. The number of nitrogens with zero attached hydrogens (tertiary/aromatic N) is 4. The van der Waals surface area contributed by atoms with Crippen molar-refractivity contribution >= 4 is 23.3 Å². The van der Waals surface area contributed by atoms with Crippen LogP contribution >= 0.6 is 0 Å². The van der Waals surface area contributed by atoms with Crippen LogP contribution in [0.25, 0.3) is 0 Å². The van der Waals surface area contributed by atoms with Crippen molar-refractivity contribution in [2.75, 3.05) is 36.4 Å². The number of halogens is 2. The number of carbonyl (C=O) groups excluding carboxylic acids is 2. The van der Waals surface area contributed by atoms with Crippen molar-refractivity contribution in [3.05, 3.63) is 83.6 Å². The first-order valence-corrected chi connectivity index (χ1v) is 12.2. The molecule has 186 valence electrons. The smallest absolute Gasteiger partial charge is 0.256 e. The maximum atomic E-state index is 14.0. The zero-order chi connectivity index (χ0) is 25.1. The Kier molecular flexibility index (Phi) is 6.88. The van der Waals surface area contributed by atoms with Crippen molar-refractivity contribution in [1.29, 1.82) is 0 Å². The molecule has 5 rings (SSSR count). The molecular weight excluding hydrogens is 464 g/mol. The number of likely N-dealkylation sites (tertiary alicyclic amines) is 1. The molecule has 0 saturated carbocycles. The van der Waals surface area contributed by atoms with Gasteiger partial charge in [0.1, 0.15) is 0 Å². The number of aromatic nitrogens is 2. The van der Waals surface area contributed by atoms with Crippen molar-refractivity contribution in [2.45, 2.75) is 25.2 Å². The quantitative estimate of drug-likeness (QED) is 0.578. The third-order valence-corrected chi connectivity index (χ3v) is 7.06. The van der Waals surface area contributed by atoms with Crippen LogP contribution in [0.3, 0.4) is 0 Å². The Hall–Kier alpha value is -3.88. The molecule has 0 bridgehead atoms. The summed E-state index contributed by atoms with van der Waals surface area (Å²) in [6.45, 7) is 2.33. The molecule has 2 aliphatic rings. The van der Waals surface area contributed by atoms with E-state index >= 15 is 0 Å². The Morgan fingerprint density at radius 2 is 1.69 bits per heavy atom. The number of benzene rings is 2. The molecule has 3 aromatic rings. The Morgan fingerprint density at radius 3 is 2.42 bits per heavy atom. The van der Waals surface area contributed by atoms with Gasteiger partial charge in [-0.15, -0.1) is 5.10 Å². The van der Waals surface area contributed by atoms with E-state index in [-0.39, 0.29) is 23.3 Å². The highest BCUT2D eigenvalue weighted by Gasteiger charge is 2.30. The van der Waals surface area contributed by atoms with Crippen molar-refractivity contribution in [3.8, 4) is 0 Å². The molecule has 0 unspecified atom stereocenters. The number of rotatable bonds is 5. The average molecular weight is 492 g/mol. The van der Waals surface area contributed by atoms with Crippen LogP contribution in [0, 0.1) is 17.6 Å². The summed E-state index contributed by atoms with van der Waals surface area (Å²) in [5, 5.41) is 11.0. The highest BCUT2D eigenvalue weighted by molar-refractivity contribution is 5.94. The monoisotopic (exact) mass is 491 g/mol. The van der Waals surface area contributed by atoms with E-state index in [1.54, 1.807) is 11.1 Å². The number of hydrogen-bond acceptors (Lipinski definition) is 5. The topological polar surface area (TPSA) is 78.4 Å². The summed E-state index contributed by atoms with van der Waals surface area (Å²) >= 11 is 0. The summed E-state index contributed by atoms with van der Waals surface area (Å²) in [5.74, 6) is -1.67. The van der Waals surface area contributed by atoms with Gasteiger partial charge in [-0.25, -0.2) is 8.78 Å². The van der Waals surface area contributed by atoms with E-state index in [2.05, 4.69) is 20.4 Å². The van der Waals surface area contributed by atoms with Crippen LogP contribution in [0.5, 0.6) is 0 Å². The van der Waals surface area contributed by atoms with E-state index in [0.29, 0.717) is 19.6 Å². The van der Waals surface area contributed by atoms with Crippen LogP contribution in [0.1, 0.15) is 41.1 Å². The summed E-state index contributed by atoms with van der Waals surface area (Å²) in [6.07, 6.45) is 3.85. The summed E-state index contributed by atoms with van der Waals surface area (Å²) in [4.78, 5) is 29.1. The standard InChI is InChI=1S/C27H27F2N5O2/c28-23-4-1-3-22(25(23)29)27(36)33-14-10-19(11-15-33)18-6-8-21(9-7-18)31-26(35)20-12-16-34(17-20)24-5-2-13-30-32-24/h1-9,13,19-20H,10-12,14-17H2,(H,31,35)/t20-/m0/s1. The molecule has 36 heavy (non-hydrogen) atoms. The second-order valence-corrected chi connectivity index (χ2v) is 9.29. The van der Waals surface area contributed by atoms with E-state index in [4.69, 9.17) is 0 Å². The summed E-state index contributed by atoms with van der Waals surface area (Å²) in [7, 11) is 0. The first kappa shape index (κ1) is 23.8. The molecule has 2 amide bonds. The lowest BCUT2D eigenvalue weighted by Crippen LogP contribution is -2.38. The van der Waals surface area contributed by atoms with Crippen LogP contribution in [-0.2, 0) is 4.79 Å². The first-order valence-electron chi connectivity index (χ1n) is 12.2. The Morgan fingerprint density at radius 1 is 0.917 bits per heavy atom. The minimum atomic E-state index is -1.10. The molecule has 1 N–H and O–H groups in total. The maximum Gasteiger partial charge on any atom is 0.256 e. The highest BCUT2D eigenvalue weighted by Crippen LogP contribution is 2.30. The fraction of sp³-hybridized carbons (Fsp3) is 0.333. The number of hydrogen-bond donors (Lipinski definition) is 1. The third kappa shape index (κ3) is 5.05. The van der Waals surface area contributed by atoms with Gasteiger partial charge < -0.3 is 15.1 Å². The predicted octanol–water partition coefficient (Wildman–Crippen LogP) is 4.24. The molecule has 1 atom stereocenters. The van der Waals surface area contributed by atoms with Gasteiger partial charge in [0, 0.05) is 38.1 Å². The van der Waals surface area contributed by atoms with Gasteiger partial charge in [-0.3, -0.25) is 9.59 Å². The number of anilines is 2. The van der Waals surface area contributed by atoms with E-state index < -0.39 is 17.5 Å². The zero-order valence-corrected chi connectivity index (χ0v) is 19.7. The van der Waals surface area contributed by atoms with E-state index in [1.807, 2.05) is 36.4 Å². The fourth-order valence-corrected chi connectivity index (χ4v) is 4.98. The lowest BCUT2D eigenvalue weighted by atomic mass is 9.89. The number of nitrogens with one attached hydrogen (secondary N) is 1. The van der Waals surface area contributed by atoms with Crippen LogP contribution in [0.4, 0.5) is 20.3 Å². The minimum absolute atomic E-state index is 0.00876. The molecule has 2 saturated heterocycles. The van der Waals surface area contributed by atoms with Gasteiger partial charge in [-0.2, -0.15) is 5.10 Å². The van der Waals surface area contributed by atoms with E-state index in [9.17, 15) is 18.4 Å². The van der Waals surface area contributed by atoms with Crippen LogP contribution in [0.15, 0.2) is 60.8 Å². The lowest BCUT2D eigenvalue weighted by Gasteiger charge is -2.32. The Bertz CT molecular complexity index is 1230. The van der Waals surface area contributed by atoms with Gasteiger partial charge >= 0.3 is 0 Å². The lowest BCUT2D eigenvalue weighted by molar-refractivity contribution is -0.119. The summed E-state index contributed by atoms with van der Waals surface area (Å²) in [6, 6.07) is 15.2. The second-order valence-electron chi connectivity index (χ2n) is 9.29. The Labute approximate surface area is 208 Å². The van der Waals surface area contributed by atoms with E-state index in [1.165, 1.54) is 12.1 Å². The molecule has 3 heterocycles. The maximum absolute atomic E-state index is 14.0. The van der Waals surface area contributed by atoms with Crippen LogP contribution < -0.4 is 10.2 Å². The Balaban J connectivity index is 1.13. The first-order chi connectivity index (χ1) is 17.5. The third-order valence-electron chi connectivity index (χ3n) is 7.06. The van der Waals surface area contributed by atoms with Crippen molar-refractivity contribution in [1.82, 2.24) is 15.1 Å². The predicted molar refractivity (Wildman–Crippen MR) is 132 cm³/mol. The normalized spacial score (nSPS) is 18.3. The van der Waals surface area contributed by atoms with Gasteiger partial charge in [0.2, 0.25) is 5.91 Å². The van der Waals surface area contributed by atoms with Gasteiger partial charge in [-0.05, 0) is 67.1 Å². The summed E-state index contributed by atoms with van der Waals surface area (Å²) < 4.78 is 27.5. The van der Waals surface area contributed by atoms with Crippen LogP contribution in [0.2, 0.25) is 0 Å². The van der Waals surface area contributed by atoms with Crippen molar-refractivity contribution in [2.24, 2.45) is 5.92 Å². The van der Waals surface area contributed by atoms with Gasteiger partial charge in [0.05, 0.1) is 11.5 Å². The van der Waals surface area contributed by atoms with Crippen molar-refractivity contribution < 1.29 is 18.4 Å². The van der Waals surface area contributed by atoms with Crippen LogP contribution in [-0.4, -0.2) is 53.1 Å². The molecule has 7 nitrogen and oxygen atoms in total. The highest BCUT2D eigenvalue weighted by atomic mass is 19.2. The zero-order valence-electron chi connectivity index (χ0n) is 19.7.